The number of carbonyl (C=O) groups is 1. The van der Waals surface area contributed by atoms with E-state index in [0.29, 0.717) is 16.2 Å². The fraction of sp³-hybridized carbons (Fsp3) is 0.0833. The molecule has 0 bridgehead atoms. The second-order valence-corrected chi connectivity index (χ2v) is 4.41. The van der Waals surface area contributed by atoms with E-state index in [0.717, 1.165) is 0 Å². The third-order valence-electron chi connectivity index (χ3n) is 2.27. The summed E-state index contributed by atoms with van der Waals surface area (Å²) in [5, 5.41) is 1.77. The topological polar surface area (TPSA) is 64.3 Å². The number of hydrogen-bond acceptors (Lipinski definition) is 4. The zero-order valence-corrected chi connectivity index (χ0v) is 10.2. The van der Waals surface area contributed by atoms with Gasteiger partial charge in [-0.05, 0) is 23.6 Å². The molecule has 3 N–H and O–H groups in total. The Morgan fingerprint density at radius 3 is 3.00 bits per heavy atom. The van der Waals surface area contributed by atoms with E-state index in [2.05, 4.69) is 5.43 Å². The minimum Gasteiger partial charge on any atom is -0.489 e. The summed E-state index contributed by atoms with van der Waals surface area (Å²) < 4.78 is 18.3. The SMILES string of the molecule is NNC(=O)c1sccc1COc1cccc(F)c1. The van der Waals surface area contributed by atoms with Crippen LogP contribution in [0.5, 0.6) is 5.75 Å². The van der Waals surface area contributed by atoms with Crippen molar-refractivity contribution in [3.05, 3.63) is 52.0 Å². The molecule has 0 aliphatic rings. The van der Waals surface area contributed by atoms with Gasteiger partial charge in [0.15, 0.2) is 0 Å². The molecule has 0 aliphatic heterocycles. The Morgan fingerprint density at radius 1 is 1.44 bits per heavy atom. The molecule has 0 fully saturated rings. The molecule has 4 nitrogen and oxygen atoms in total. The summed E-state index contributed by atoms with van der Waals surface area (Å²) in [5.41, 5.74) is 2.79. The highest BCUT2D eigenvalue weighted by atomic mass is 32.1. The van der Waals surface area contributed by atoms with E-state index in [1.807, 2.05) is 0 Å². The number of carbonyl (C=O) groups excluding carboxylic acids is 1. The van der Waals surface area contributed by atoms with Gasteiger partial charge >= 0.3 is 0 Å². The van der Waals surface area contributed by atoms with Crippen LogP contribution in [0.2, 0.25) is 0 Å². The number of halogens is 1. The Balaban J connectivity index is 2.07. The van der Waals surface area contributed by atoms with Crippen LogP contribution in [0.4, 0.5) is 4.39 Å². The zero-order chi connectivity index (χ0) is 13.0. The van der Waals surface area contributed by atoms with E-state index in [1.165, 1.54) is 23.5 Å². The van der Waals surface area contributed by atoms with Crippen LogP contribution in [-0.4, -0.2) is 5.91 Å². The van der Waals surface area contributed by atoms with Crippen LogP contribution >= 0.6 is 11.3 Å². The lowest BCUT2D eigenvalue weighted by Gasteiger charge is -2.06. The number of amides is 1. The lowest BCUT2D eigenvalue weighted by molar-refractivity contribution is 0.0955. The molecule has 0 saturated heterocycles. The molecule has 1 aromatic heterocycles. The summed E-state index contributed by atoms with van der Waals surface area (Å²) in [6.07, 6.45) is 0. The average molecular weight is 266 g/mol. The third kappa shape index (κ3) is 2.85. The van der Waals surface area contributed by atoms with Crippen LogP contribution < -0.4 is 16.0 Å². The number of hydrogen-bond donors (Lipinski definition) is 2. The minimum absolute atomic E-state index is 0.190. The normalized spacial score (nSPS) is 10.1. The largest absolute Gasteiger partial charge is 0.489 e. The summed E-state index contributed by atoms with van der Waals surface area (Å²) in [7, 11) is 0. The van der Waals surface area contributed by atoms with Crippen molar-refractivity contribution in [2.24, 2.45) is 5.84 Å². The molecule has 0 unspecified atom stereocenters. The highest BCUT2D eigenvalue weighted by molar-refractivity contribution is 7.12. The van der Waals surface area contributed by atoms with Crippen molar-refractivity contribution >= 4 is 17.2 Å². The Morgan fingerprint density at radius 2 is 2.28 bits per heavy atom. The highest BCUT2D eigenvalue weighted by Gasteiger charge is 2.12. The summed E-state index contributed by atoms with van der Waals surface area (Å²) in [6.45, 7) is 0.190. The lowest BCUT2D eigenvalue weighted by Crippen LogP contribution is -2.30. The molecule has 6 heteroatoms. The van der Waals surface area contributed by atoms with Gasteiger partial charge in [0.2, 0.25) is 0 Å². The summed E-state index contributed by atoms with van der Waals surface area (Å²) >= 11 is 1.27. The summed E-state index contributed by atoms with van der Waals surface area (Å²) in [5.74, 6) is 4.77. The molecule has 0 radical (unpaired) electrons. The van der Waals surface area contributed by atoms with E-state index in [1.54, 1.807) is 23.6 Å². The number of rotatable bonds is 4. The smallest absolute Gasteiger partial charge is 0.275 e. The predicted molar refractivity (Wildman–Crippen MR) is 66.7 cm³/mol. The number of nitrogen functional groups attached to an aromatic ring is 1. The summed E-state index contributed by atoms with van der Waals surface area (Å²) in [6, 6.07) is 7.61. The molecule has 0 atom stereocenters. The van der Waals surface area contributed by atoms with Crippen molar-refractivity contribution in [2.45, 2.75) is 6.61 Å². The molecule has 0 spiro atoms. The maximum Gasteiger partial charge on any atom is 0.275 e. The first-order valence-corrected chi connectivity index (χ1v) is 6.04. The number of thiophene rings is 1. The first-order valence-electron chi connectivity index (χ1n) is 5.16. The van der Waals surface area contributed by atoms with Crippen LogP contribution in [0.1, 0.15) is 15.2 Å². The molecule has 2 aromatic rings. The standard InChI is InChI=1S/C12H11FN2O2S/c13-9-2-1-3-10(6-9)17-7-8-4-5-18-11(8)12(16)15-14/h1-6H,7,14H2,(H,15,16). The van der Waals surface area contributed by atoms with Crippen LogP contribution in [0.3, 0.4) is 0 Å². The van der Waals surface area contributed by atoms with Gasteiger partial charge in [-0.15, -0.1) is 11.3 Å². The van der Waals surface area contributed by atoms with Gasteiger partial charge in [-0.2, -0.15) is 0 Å². The number of hydrazine groups is 1. The quantitative estimate of drug-likeness (QED) is 0.506. The van der Waals surface area contributed by atoms with Crippen LogP contribution in [0.25, 0.3) is 0 Å². The van der Waals surface area contributed by atoms with E-state index in [4.69, 9.17) is 10.6 Å². The first kappa shape index (κ1) is 12.5. The van der Waals surface area contributed by atoms with E-state index >= 15 is 0 Å². The second kappa shape index (κ2) is 5.61. The Labute approximate surface area is 107 Å². The predicted octanol–water partition coefficient (Wildman–Crippen LogP) is 2.07. The number of benzene rings is 1. The molecular formula is C12H11FN2O2S. The Hall–Kier alpha value is -1.92. The van der Waals surface area contributed by atoms with E-state index in [-0.39, 0.29) is 18.3 Å². The van der Waals surface area contributed by atoms with Gasteiger partial charge in [-0.3, -0.25) is 10.2 Å². The molecule has 94 valence electrons. The van der Waals surface area contributed by atoms with Gasteiger partial charge in [0.1, 0.15) is 18.2 Å². The van der Waals surface area contributed by atoms with Crippen molar-refractivity contribution in [1.82, 2.24) is 5.43 Å². The van der Waals surface area contributed by atoms with Gasteiger partial charge in [0.05, 0.1) is 4.88 Å². The van der Waals surface area contributed by atoms with Crippen molar-refractivity contribution in [1.29, 1.82) is 0 Å². The van der Waals surface area contributed by atoms with Crippen molar-refractivity contribution in [3.63, 3.8) is 0 Å². The molecule has 1 amide bonds. The van der Waals surface area contributed by atoms with Crippen molar-refractivity contribution in [3.8, 4) is 5.75 Å². The maximum atomic E-state index is 12.9. The van der Waals surface area contributed by atoms with Gasteiger partial charge in [-0.1, -0.05) is 6.07 Å². The maximum absolute atomic E-state index is 12.9. The van der Waals surface area contributed by atoms with Crippen LogP contribution in [0, 0.1) is 5.82 Å². The third-order valence-corrected chi connectivity index (χ3v) is 3.23. The second-order valence-electron chi connectivity index (χ2n) is 3.49. The van der Waals surface area contributed by atoms with Crippen LogP contribution in [0.15, 0.2) is 35.7 Å². The number of nitrogens with one attached hydrogen (secondary N) is 1. The highest BCUT2D eigenvalue weighted by Crippen LogP contribution is 2.20. The van der Waals surface area contributed by atoms with Gasteiger partial charge < -0.3 is 4.74 Å². The number of nitrogens with two attached hydrogens (primary N) is 1. The Bertz CT molecular complexity index is 557. The zero-order valence-electron chi connectivity index (χ0n) is 9.35. The number of ether oxygens (including phenoxy) is 1. The molecule has 1 aromatic carbocycles. The van der Waals surface area contributed by atoms with Gasteiger partial charge in [0.25, 0.3) is 5.91 Å². The summed E-state index contributed by atoms with van der Waals surface area (Å²) in [4.78, 5) is 11.9. The van der Waals surface area contributed by atoms with Crippen molar-refractivity contribution < 1.29 is 13.9 Å². The molecule has 0 saturated carbocycles. The average Bonchev–Trinajstić information content (AvgIpc) is 2.84. The Kier molecular flexibility index (Phi) is 3.91. The molecular weight excluding hydrogens is 255 g/mol. The fourth-order valence-corrected chi connectivity index (χ4v) is 2.24. The van der Waals surface area contributed by atoms with E-state index in [9.17, 15) is 9.18 Å². The first-order chi connectivity index (χ1) is 8.70. The van der Waals surface area contributed by atoms with E-state index < -0.39 is 0 Å². The lowest BCUT2D eigenvalue weighted by atomic mass is 10.2. The molecule has 0 aliphatic carbocycles. The minimum atomic E-state index is -0.363. The van der Waals surface area contributed by atoms with Gasteiger partial charge in [0, 0.05) is 11.6 Å². The molecule has 2 rings (SSSR count). The monoisotopic (exact) mass is 266 g/mol. The van der Waals surface area contributed by atoms with Gasteiger partial charge in [-0.25, -0.2) is 10.2 Å². The van der Waals surface area contributed by atoms with Crippen LogP contribution in [-0.2, 0) is 6.61 Å². The fourth-order valence-electron chi connectivity index (χ4n) is 1.43. The molecule has 1 heterocycles. The van der Waals surface area contributed by atoms with Crippen molar-refractivity contribution in [2.75, 3.05) is 0 Å². The molecule has 18 heavy (non-hydrogen) atoms.